The van der Waals surface area contributed by atoms with Crippen molar-refractivity contribution < 1.29 is 0 Å². The molecule has 0 aliphatic heterocycles. The van der Waals surface area contributed by atoms with Gasteiger partial charge in [0.15, 0.2) is 5.82 Å². The molecule has 2 aromatic rings. The van der Waals surface area contributed by atoms with Crippen LogP contribution in [0.5, 0.6) is 0 Å². The fourth-order valence-electron chi connectivity index (χ4n) is 1.39. The van der Waals surface area contributed by atoms with Gasteiger partial charge in [-0.1, -0.05) is 39.0 Å². The molecule has 5 nitrogen and oxygen atoms in total. The maximum atomic E-state index is 6.17. The number of nitrogens with two attached hydrogens (primary N) is 1. The van der Waals surface area contributed by atoms with Crippen LogP contribution in [0, 0.1) is 5.41 Å². The fourth-order valence-corrected chi connectivity index (χ4v) is 2.49. The van der Waals surface area contributed by atoms with E-state index in [1.807, 2.05) is 6.92 Å². The van der Waals surface area contributed by atoms with Gasteiger partial charge in [0.05, 0.1) is 6.04 Å². The van der Waals surface area contributed by atoms with E-state index in [0.717, 1.165) is 22.2 Å². The molecule has 0 fully saturated rings. The van der Waals surface area contributed by atoms with Gasteiger partial charge in [-0.3, -0.25) is 0 Å². The van der Waals surface area contributed by atoms with Crippen LogP contribution in [0.4, 0.5) is 0 Å². The number of nitrogens with zero attached hydrogens (tertiary/aromatic N) is 4. The Balaban J connectivity index is 2.44. The molecule has 2 N–H and O–H groups in total. The van der Waals surface area contributed by atoms with E-state index >= 15 is 0 Å². The van der Waals surface area contributed by atoms with Crippen molar-refractivity contribution in [3.8, 4) is 0 Å². The lowest BCUT2D eigenvalue weighted by molar-refractivity contribution is 0.324. The van der Waals surface area contributed by atoms with Gasteiger partial charge in [-0.25, -0.2) is 0 Å². The summed E-state index contributed by atoms with van der Waals surface area (Å²) in [6.07, 6.45) is 0.828. The van der Waals surface area contributed by atoms with E-state index in [0.29, 0.717) is 0 Å². The van der Waals surface area contributed by atoms with Crippen LogP contribution in [0.3, 0.4) is 0 Å². The van der Waals surface area contributed by atoms with Gasteiger partial charge in [0.2, 0.25) is 4.96 Å². The molecule has 0 saturated carbocycles. The minimum absolute atomic E-state index is 0.00959. The average Bonchev–Trinajstić information content (AvgIpc) is 2.73. The summed E-state index contributed by atoms with van der Waals surface area (Å²) >= 11 is 1.52. The first kappa shape index (κ1) is 11.5. The number of aryl methyl sites for hydroxylation is 1. The van der Waals surface area contributed by atoms with Crippen LogP contribution in [-0.2, 0) is 6.42 Å². The Bertz CT molecular complexity index is 493. The predicted molar refractivity (Wildman–Crippen MR) is 64.4 cm³/mol. The molecule has 0 aliphatic rings. The van der Waals surface area contributed by atoms with E-state index in [9.17, 15) is 0 Å². The lowest BCUT2D eigenvalue weighted by Gasteiger charge is -2.24. The Morgan fingerprint density at radius 2 is 2.06 bits per heavy atom. The molecule has 2 heterocycles. The molecule has 6 heteroatoms. The highest BCUT2D eigenvalue weighted by molar-refractivity contribution is 7.16. The zero-order valence-corrected chi connectivity index (χ0v) is 10.9. The number of aromatic nitrogens is 4. The minimum Gasteiger partial charge on any atom is -0.321 e. The molecule has 0 radical (unpaired) electrons. The van der Waals surface area contributed by atoms with E-state index < -0.39 is 0 Å². The van der Waals surface area contributed by atoms with Crippen molar-refractivity contribution in [1.29, 1.82) is 0 Å². The Hall–Kier alpha value is -1.01. The van der Waals surface area contributed by atoms with Crippen LogP contribution >= 0.6 is 11.3 Å². The molecular weight excluding hydrogens is 222 g/mol. The molecule has 1 atom stereocenters. The quantitative estimate of drug-likeness (QED) is 0.867. The van der Waals surface area contributed by atoms with Crippen LogP contribution < -0.4 is 5.73 Å². The monoisotopic (exact) mass is 239 g/mol. The van der Waals surface area contributed by atoms with Crippen molar-refractivity contribution in [2.75, 3.05) is 0 Å². The standard InChI is InChI=1S/C10H17N5S/c1-5-6-12-13-9-15(6)14-8(16-9)7(11)10(2,3)4/h7H,5,11H2,1-4H3. The van der Waals surface area contributed by atoms with E-state index in [4.69, 9.17) is 5.73 Å². The summed E-state index contributed by atoms with van der Waals surface area (Å²) in [7, 11) is 0. The molecule has 0 bridgehead atoms. The van der Waals surface area contributed by atoms with Crippen LogP contribution in [-0.4, -0.2) is 19.8 Å². The van der Waals surface area contributed by atoms with Gasteiger partial charge in [0.25, 0.3) is 0 Å². The smallest absolute Gasteiger partial charge is 0.234 e. The first-order valence-corrected chi connectivity index (χ1v) is 6.21. The topological polar surface area (TPSA) is 69.1 Å². The second-order valence-corrected chi connectivity index (χ2v) is 5.94. The fraction of sp³-hybridized carbons (Fsp3) is 0.700. The summed E-state index contributed by atoms with van der Waals surface area (Å²) in [5.74, 6) is 0.888. The molecule has 0 aliphatic carbocycles. The second-order valence-electron chi connectivity index (χ2n) is 4.95. The molecule has 0 aromatic carbocycles. The van der Waals surface area contributed by atoms with Crippen molar-refractivity contribution in [2.45, 2.75) is 40.2 Å². The molecule has 0 spiro atoms. The lowest BCUT2D eigenvalue weighted by Crippen LogP contribution is -2.26. The van der Waals surface area contributed by atoms with Crippen LogP contribution in [0.15, 0.2) is 0 Å². The highest BCUT2D eigenvalue weighted by atomic mass is 32.1. The number of rotatable bonds is 2. The Morgan fingerprint density at radius 3 is 2.62 bits per heavy atom. The Kier molecular flexibility index (Phi) is 2.71. The summed E-state index contributed by atoms with van der Waals surface area (Å²) in [6, 6.07) is -0.0658. The number of fused-ring (bicyclic) bond motifs is 1. The van der Waals surface area contributed by atoms with Gasteiger partial charge in [0.1, 0.15) is 5.01 Å². The third-order valence-corrected chi connectivity index (χ3v) is 3.57. The third kappa shape index (κ3) is 1.82. The molecule has 1 unspecified atom stereocenters. The average molecular weight is 239 g/mol. The largest absolute Gasteiger partial charge is 0.321 e. The van der Waals surface area contributed by atoms with E-state index in [1.165, 1.54) is 11.3 Å². The van der Waals surface area contributed by atoms with Crippen LogP contribution in [0.25, 0.3) is 4.96 Å². The highest BCUT2D eigenvalue weighted by Gasteiger charge is 2.26. The summed E-state index contributed by atoms with van der Waals surface area (Å²) in [5, 5.41) is 13.6. The van der Waals surface area contributed by atoms with Crippen LogP contribution in [0.1, 0.15) is 44.6 Å². The maximum absolute atomic E-state index is 6.17. The third-order valence-electron chi connectivity index (χ3n) is 2.59. The van der Waals surface area contributed by atoms with Crippen molar-refractivity contribution >= 4 is 16.3 Å². The van der Waals surface area contributed by atoms with Crippen molar-refractivity contribution in [1.82, 2.24) is 19.8 Å². The van der Waals surface area contributed by atoms with Gasteiger partial charge < -0.3 is 5.73 Å². The normalized spacial score (nSPS) is 14.6. The summed E-state index contributed by atoms with van der Waals surface area (Å²) in [6.45, 7) is 8.38. The van der Waals surface area contributed by atoms with Crippen molar-refractivity contribution in [3.05, 3.63) is 10.8 Å². The maximum Gasteiger partial charge on any atom is 0.234 e. The summed E-state index contributed by atoms with van der Waals surface area (Å²) in [4.78, 5) is 0.826. The van der Waals surface area contributed by atoms with E-state index in [2.05, 4.69) is 36.1 Å². The van der Waals surface area contributed by atoms with Gasteiger partial charge in [-0.05, 0) is 5.41 Å². The zero-order valence-electron chi connectivity index (χ0n) is 10.1. The molecule has 2 aromatic heterocycles. The number of hydrogen-bond donors (Lipinski definition) is 1. The summed E-state index contributed by atoms with van der Waals surface area (Å²) in [5.41, 5.74) is 6.18. The molecule has 2 rings (SSSR count). The number of hydrogen-bond acceptors (Lipinski definition) is 5. The Morgan fingerprint density at radius 1 is 1.38 bits per heavy atom. The zero-order chi connectivity index (χ0) is 11.9. The molecular formula is C10H17N5S. The SMILES string of the molecule is CCc1nnc2sc(C(N)C(C)(C)C)nn12. The van der Waals surface area contributed by atoms with E-state index in [-0.39, 0.29) is 11.5 Å². The van der Waals surface area contributed by atoms with E-state index in [1.54, 1.807) is 4.52 Å². The van der Waals surface area contributed by atoms with Gasteiger partial charge in [0, 0.05) is 6.42 Å². The first-order valence-electron chi connectivity index (χ1n) is 5.40. The Labute approximate surface area is 98.7 Å². The molecule has 0 saturated heterocycles. The summed E-state index contributed by atoms with van der Waals surface area (Å²) < 4.78 is 1.80. The highest BCUT2D eigenvalue weighted by Crippen LogP contribution is 2.32. The van der Waals surface area contributed by atoms with Crippen molar-refractivity contribution in [3.63, 3.8) is 0 Å². The van der Waals surface area contributed by atoms with Gasteiger partial charge in [-0.15, -0.1) is 10.2 Å². The first-order chi connectivity index (χ1) is 7.43. The molecule has 0 amide bonds. The molecule has 16 heavy (non-hydrogen) atoms. The van der Waals surface area contributed by atoms with Gasteiger partial charge in [-0.2, -0.15) is 9.61 Å². The van der Waals surface area contributed by atoms with Gasteiger partial charge >= 0.3 is 0 Å². The lowest BCUT2D eigenvalue weighted by atomic mass is 9.88. The second kappa shape index (κ2) is 3.78. The molecule has 88 valence electrons. The minimum atomic E-state index is -0.0658. The predicted octanol–water partition coefficient (Wildman–Crippen LogP) is 1.79. The van der Waals surface area contributed by atoms with Crippen LogP contribution in [0.2, 0.25) is 0 Å². The van der Waals surface area contributed by atoms with Crippen molar-refractivity contribution in [2.24, 2.45) is 11.1 Å².